The van der Waals surface area contributed by atoms with Crippen LogP contribution in [0.2, 0.25) is 0 Å². The molecular formula is C20H22O4S. The third-order valence-corrected chi connectivity index (χ3v) is 4.59. The molecule has 0 atom stereocenters. The number of benzene rings is 2. The molecule has 0 unspecified atom stereocenters. The van der Waals surface area contributed by atoms with Gasteiger partial charge in [0.2, 0.25) is 0 Å². The van der Waals surface area contributed by atoms with Gasteiger partial charge in [-0.2, -0.15) is 0 Å². The van der Waals surface area contributed by atoms with Gasteiger partial charge in [-0.25, -0.2) is 0 Å². The fourth-order valence-electron chi connectivity index (χ4n) is 2.46. The first-order chi connectivity index (χ1) is 12.0. The van der Waals surface area contributed by atoms with E-state index in [1.807, 2.05) is 31.4 Å². The highest BCUT2D eigenvalue weighted by atomic mass is 32.2. The summed E-state index contributed by atoms with van der Waals surface area (Å²) < 4.78 is 15.9. The third-order valence-electron chi connectivity index (χ3n) is 3.83. The normalized spacial score (nSPS) is 10.8. The van der Waals surface area contributed by atoms with Crippen molar-refractivity contribution in [2.45, 2.75) is 11.8 Å². The zero-order valence-electron chi connectivity index (χ0n) is 15.1. The molecule has 0 aliphatic heterocycles. The Kier molecular flexibility index (Phi) is 6.53. The molecule has 0 fully saturated rings. The molecule has 0 aliphatic rings. The molecule has 0 amide bonds. The number of thioether (sulfide) groups is 1. The summed E-state index contributed by atoms with van der Waals surface area (Å²) in [4.78, 5) is 13.6. The molecule has 0 N–H and O–H groups in total. The van der Waals surface area contributed by atoms with Crippen molar-refractivity contribution < 1.29 is 19.0 Å². The number of aryl methyl sites for hydroxylation is 1. The Morgan fingerprint density at radius 2 is 1.60 bits per heavy atom. The highest BCUT2D eigenvalue weighted by molar-refractivity contribution is 7.98. The number of rotatable bonds is 7. The van der Waals surface area contributed by atoms with Gasteiger partial charge >= 0.3 is 0 Å². The lowest BCUT2D eigenvalue weighted by atomic mass is 10.0. The van der Waals surface area contributed by atoms with Gasteiger partial charge < -0.3 is 14.2 Å². The summed E-state index contributed by atoms with van der Waals surface area (Å²) in [6.45, 7) is 1.88. The van der Waals surface area contributed by atoms with E-state index in [0.29, 0.717) is 17.1 Å². The van der Waals surface area contributed by atoms with Crippen LogP contribution in [0.4, 0.5) is 0 Å². The number of carbonyl (C=O) groups is 1. The van der Waals surface area contributed by atoms with Crippen molar-refractivity contribution in [1.29, 1.82) is 0 Å². The summed E-state index contributed by atoms with van der Waals surface area (Å²) >= 11 is 1.60. The summed E-state index contributed by atoms with van der Waals surface area (Å²) in [5.41, 5.74) is 2.37. The molecule has 0 spiro atoms. The lowest BCUT2D eigenvalue weighted by Gasteiger charge is -2.11. The maximum atomic E-state index is 12.6. The van der Waals surface area contributed by atoms with Crippen molar-refractivity contribution in [3.05, 3.63) is 53.1 Å². The largest absolute Gasteiger partial charge is 0.496 e. The zero-order valence-corrected chi connectivity index (χ0v) is 15.9. The number of ether oxygens (including phenoxy) is 3. The van der Waals surface area contributed by atoms with Crippen LogP contribution in [0.15, 0.2) is 41.3 Å². The molecule has 0 saturated carbocycles. The predicted octanol–water partition coefficient (Wildman–Crippen LogP) is 4.64. The number of hydrogen-bond donors (Lipinski definition) is 0. The summed E-state index contributed by atoms with van der Waals surface area (Å²) in [5.74, 6) is 1.89. The molecule has 0 bridgehead atoms. The summed E-state index contributed by atoms with van der Waals surface area (Å²) in [6.07, 6.45) is 5.36. The van der Waals surface area contributed by atoms with Crippen LogP contribution in [0, 0.1) is 6.92 Å². The van der Waals surface area contributed by atoms with E-state index >= 15 is 0 Å². The van der Waals surface area contributed by atoms with Gasteiger partial charge in [-0.05, 0) is 54.6 Å². The van der Waals surface area contributed by atoms with Crippen molar-refractivity contribution in [1.82, 2.24) is 0 Å². The number of ketones is 1. The van der Waals surface area contributed by atoms with Gasteiger partial charge in [0.05, 0.1) is 21.3 Å². The van der Waals surface area contributed by atoms with Crippen LogP contribution in [0.25, 0.3) is 6.08 Å². The molecule has 25 heavy (non-hydrogen) atoms. The Labute approximate surface area is 152 Å². The van der Waals surface area contributed by atoms with Crippen LogP contribution in [-0.2, 0) is 0 Å². The van der Waals surface area contributed by atoms with Crippen LogP contribution < -0.4 is 14.2 Å². The maximum Gasteiger partial charge on any atom is 0.186 e. The first-order valence-electron chi connectivity index (χ1n) is 7.71. The minimum atomic E-state index is -0.0834. The van der Waals surface area contributed by atoms with E-state index in [0.717, 1.165) is 21.8 Å². The minimum absolute atomic E-state index is 0.0834. The molecule has 5 heteroatoms. The highest BCUT2D eigenvalue weighted by Crippen LogP contribution is 2.31. The Balaban J connectivity index is 2.29. The first-order valence-corrected chi connectivity index (χ1v) is 8.93. The SMILES string of the molecule is COc1cc(C)c(C(=O)/C=C/c2ccc(OC)c(SC)c2)cc1OC. The van der Waals surface area contributed by atoms with Gasteiger partial charge in [-0.1, -0.05) is 12.1 Å². The van der Waals surface area contributed by atoms with E-state index in [9.17, 15) is 4.79 Å². The predicted molar refractivity (Wildman–Crippen MR) is 102 cm³/mol. The van der Waals surface area contributed by atoms with E-state index < -0.39 is 0 Å². The quantitative estimate of drug-likeness (QED) is 0.410. The van der Waals surface area contributed by atoms with Crippen molar-refractivity contribution >= 4 is 23.6 Å². The first kappa shape index (κ1) is 18.9. The number of methoxy groups -OCH3 is 3. The van der Waals surface area contributed by atoms with Gasteiger partial charge in [0.1, 0.15) is 5.75 Å². The summed E-state index contributed by atoms with van der Waals surface area (Å²) in [6, 6.07) is 9.33. The average molecular weight is 358 g/mol. The molecule has 2 rings (SSSR count). The Bertz CT molecular complexity index is 797. The second kappa shape index (κ2) is 8.62. The summed E-state index contributed by atoms with van der Waals surface area (Å²) in [5, 5.41) is 0. The lowest BCUT2D eigenvalue weighted by molar-refractivity contribution is 0.104. The number of hydrogen-bond acceptors (Lipinski definition) is 5. The second-order valence-corrected chi connectivity index (χ2v) is 6.18. The van der Waals surface area contributed by atoms with Crippen LogP contribution in [-0.4, -0.2) is 33.4 Å². The maximum absolute atomic E-state index is 12.6. The molecule has 4 nitrogen and oxygen atoms in total. The van der Waals surface area contributed by atoms with Crippen LogP contribution in [0.5, 0.6) is 17.2 Å². The zero-order chi connectivity index (χ0) is 18.4. The lowest BCUT2D eigenvalue weighted by Crippen LogP contribution is -2.01. The van der Waals surface area contributed by atoms with Crippen molar-refractivity contribution in [2.24, 2.45) is 0 Å². The van der Waals surface area contributed by atoms with Gasteiger partial charge in [0.25, 0.3) is 0 Å². The molecule has 0 aromatic heterocycles. The van der Waals surface area contributed by atoms with E-state index in [1.165, 1.54) is 0 Å². The molecule has 0 saturated heterocycles. The van der Waals surface area contributed by atoms with Crippen molar-refractivity contribution in [2.75, 3.05) is 27.6 Å². The van der Waals surface area contributed by atoms with E-state index in [4.69, 9.17) is 14.2 Å². The van der Waals surface area contributed by atoms with Crippen molar-refractivity contribution in [3.63, 3.8) is 0 Å². The number of carbonyl (C=O) groups excluding carboxylic acids is 1. The van der Waals surface area contributed by atoms with Gasteiger partial charge in [0, 0.05) is 10.5 Å². The molecule has 0 heterocycles. The Hall–Kier alpha value is -2.40. The van der Waals surface area contributed by atoms with E-state index in [1.54, 1.807) is 57.4 Å². The molecule has 132 valence electrons. The average Bonchev–Trinajstić information content (AvgIpc) is 2.65. The molecule has 2 aromatic carbocycles. The monoisotopic (exact) mass is 358 g/mol. The highest BCUT2D eigenvalue weighted by Gasteiger charge is 2.12. The fraction of sp³-hybridized carbons (Fsp3) is 0.250. The van der Waals surface area contributed by atoms with Crippen LogP contribution in [0.3, 0.4) is 0 Å². The smallest absolute Gasteiger partial charge is 0.186 e. The minimum Gasteiger partial charge on any atom is -0.496 e. The Morgan fingerprint density at radius 1 is 0.960 bits per heavy atom. The van der Waals surface area contributed by atoms with Crippen LogP contribution >= 0.6 is 11.8 Å². The van der Waals surface area contributed by atoms with Gasteiger partial charge in [0.15, 0.2) is 17.3 Å². The number of allylic oxidation sites excluding steroid dienone is 1. The fourth-order valence-corrected chi connectivity index (χ4v) is 3.07. The molecule has 2 aromatic rings. The second-order valence-electron chi connectivity index (χ2n) is 5.33. The van der Waals surface area contributed by atoms with E-state index in [2.05, 4.69) is 0 Å². The van der Waals surface area contributed by atoms with Crippen LogP contribution in [0.1, 0.15) is 21.5 Å². The standard InChI is InChI=1S/C20H22O4S/c1-13-10-18(23-3)19(24-4)12-15(13)16(21)8-6-14-7-9-17(22-2)20(11-14)25-5/h6-12H,1-5H3/b8-6+. The van der Waals surface area contributed by atoms with Gasteiger partial charge in [-0.3, -0.25) is 4.79 Å². The topological polar surface area (TPSA) is 44.8 Å². The Morgan fingerprint density at radius 3 is 2.20 bits per heavy atom. The molecule has 0 aliphatic carbocycles. The van der Waals surface area contributed by atoms with Crippen molar-refractivity contribution in [3.8, 4) is 17.2 Å². The third kappa shape index (κ3) is 4.37. The molecule has 0 radical (unpaired) electrons. The van der Waals surface area contributed by atoms with Gasteiger partial charge in [-0.15, -0.1) is 11.8 Å². The molecular weight excluding hydrogens is 336 g/mol. The van der Waals surface area contributed by atoms with E-state index in [-0.39, 0.29) is 5.78 Å². The summed E-state index contributed by atoms with van der Waals surface area (Å²) in [7, 11) is 4.78.